The summed E-state index contributed by atoms with van der Waals surface area (Å²) in [5.74, 6) is 0.626. The number of thiocarbonyl (C=S) groups is 1. The number of nitrogens with one attached hydrogen (secondary N) is 3. The van der Waals surface area contributed by atoms with Gasteiger partial charge in [-0.2, -0.15) is 0 Å². The van der Waals surface area contributed by atoms with E-state index in [0.717, 1.165) is 0 Å². The van der Waals surface area contributed by atoms with Gasteiger partial charge in [0.25, 0.3) is 0 Å². The lowest BCUT2D eigenvalue weighted by Gasteiger charge is -2.16. The van der Waals surface area contributed by atoms with Crippen molar-refractivity contribution >= 4 is 23.2 Å². The molecule has 3 N–H and O–H groups in total. The van der Waals surface area contributed by atoms with Crippen LogP contribution in [0.4, 0.5) is 0 Å². The smallest absolute Gasteiger partial charge is 0.238 e. The van der Waals surface area contributed by atoms with Crippen LogP contribution in [0.15, 0.2) is 0 Å². The molecule has 0 heterocycles. The summed E-state index contributed by atoms with van der Waals surface area (Å²) < 4.78 is 0. The molecule has 2 rings (SSSR count). The zero-order valence-corrected chi connectivity index (χ0v) is 11.7. The minimum absolute atomic E-state index is 0.0532. The summed E-state index contributed by atoms with van der Waals surface area (Å²) in [6.07, 6.45) is 10.5. The van der Waals surface area contributed by atoms with Crippen LogP contribution in [0.25, 0.3) is 0 Å². The molecule has 1 amide bonds. The minimum atomic E-state index is 0.0532. The van der Waals surface area contributed by atoms with Gasteiger partial charge in [-0.05, 0) is 43.8 Å². The molecule has 102 valence electrons. The quantitative estimate of drug-likeness (QED) is 0.542. The van der Waals surface area contributed by atoms with Gasteiger partial charge < -0.3 is 5.32 Å². The Balaban J connectivity index is 1.57. The van der Waals surface area contributed by atoms with Crippen LogP contribution in [0.2, 0.25) is 0 Å². The van der Waals surface area contributed by atoms with Crippen molar-refractivity contribution in [3.05, 3.63) is 0 Å². The molecule has 2 aliphatic carbocycles. The van der Waals surface area contributed by atoms with Crippen LogP contribution in [0, 0.1) is 5.92 Å². The average molecular weight is 269 g/mol. The maximum absolute atomic E-state index is 11.7. The predicted octanol–water partition coefficient (Wildman–Crippen LogP) is 2.00. The summed E-state index contributed by atoms with van der Waals surface area (Å²) in [7, 11) is 0. The fourth-order valence-electron chi connectivity index (χ4n) is 2.95. The van der Waals surface area contributed by atoms with Crippen LogP contribution in [-0.4, -0.2) is 17.1 Å². The van der Waals surface area contributed by atoms with E-state index < -0.39 is 0 Å². The number of hydrogen-bond donors (Lipinski definition) is 3. The second-order valence-electron chi connectivity index (χ2n) is 5.48. The second-order valence-corrected chi connectivity index (χ2v) is 5.89. The van der Waals surface area contributed by atoms with E-state index >= 15 is 0 Å². The Labute approximate surface area is 114 Å². The van der Waals surface area contributed by atoms with E-state index in [4.69, 9.17) is 12.2 Å². The minimum Gasteiger partial charge on any atom is -0.359 e. The summed E-state index contributed by atoms with van der Waals surface area (Å²) >= 11 is 5.15. The van der Waals surface area contributed by atoms with E-state index in [2.05, 4.69) is 16.2 Å². The van der Waals surface area contributed by atoms with Crippen LogP contribution in [0.3, 0.4) is 0 Å². The summed E-state index contributed by atoms with van der Waals surface area (Å²) in [6.45, 7) is 0. The molecule has 5 heteroatoms. The molecule has 0 radical (unpaired) electrons. The first-order valence-electron chi connectivity index (χ1n) is 7.09. The summed E-state index contributed by atoms with van der Waals surface area (Å²) in [5, 5.41) is 3.78. The molecule has 0 bridgehead atoms. The zero-order valence-electron chi connectivity index (χ0n) is 10.8. The van der Waals surface area contributed by atoms with Gasteiger partial charge in [0.05, 0.1) is 0 Å². The lowest BCUT2D eigenvalue weighted by atomic mass is 10.0. The fraction of sp³-hybridized carbons (Fsp3) is 0.846. The SMILES string of the molecule is O=C(CC1CCCC1)NNC(=S)NC1CCCC1. The molecule has 0 aromatic heterocycles. The third-order valence-corrected chi connectivity index (χ3v) is 4.17. The number of hydrogen-bond acceptors (Lipinski definition) is 2. The second kappa shape index (κ2) is 6.92. The number of rotatable bonds is 3. The molecule has 2 saturated carbocycles. The number of hydrazine groups is 1. The molecule has 0 aromatic carbocycles. The van der Waals surface area contributed by atoms with Crippen molar-refractivity contribution in [1.29, 1.82) is 0 Å². The van der Waals surface area contributed by atoms with Gasteiger partial charge in [0.2, 0.25) is 5.91 Å². The lowest BCUT2D eigenvalue weighted by Crippen LogP contribution is -2.49. The van der Waals surface area contributed by atoms with Gasteiger partial charge in [0.1, 0.15) is 0 Å². The van der Waals surface area contributed by atoms with Crippen LogP contribution < -0.4 is 16.2 Å². The monoisotopic (exact) mass is 269 g/mol. The summed E-state index contributed by atoms with van der Waals surface area (Å²) in [4.78, 5) is 11.7. The molecular formula is C13H23N3OS. The molecule has 2 fully saturated rings. The van der Waals surface area contributed by atoms with Gasteiger partial charge >= 0.3 is 0 Å². The van der Waals surface area contributed by atoms with Gasteiger partial charge in [0, 0.05) is 12.5 Å². The molecule has 4 nitrogen and oxygen atoms in total. The molecule has 0 saturated heterocycles. The molecule has 2 aliphatic rings. The van der Waals surface area contributed by atoms with E-state index in [-0.39, 0.29) is 5.91 Å². The van der Waals surface area contributed by atoms with E-state index in [1.54, 1.807) is 0 Å². The van der Waals surface area contributed by atoms with Crippen molar-refractivity contribution in [2.75, 3.05) is 0 Å². The highest BCUT2D eigenvalue weighted by molar-refractivity contribution is 7.80. The van der Waals surface area contributed by atoms with Crippen molar-refractivity contribution in [3.8, 4) is 0 Å². The van der Waals surface area contributed by atoms with Crippen LogP contribution in [0.1, 0.15) is 57.8 Å². The van der Waals surface area contributed by atoms with Crippen LogP contribution >= 0.6 is 12.2 Å². The first kappa shape index (κ1) is 13.6. The largest absolute Gasteiger partial charge is 0.359 e. The standard InChI is InChI=1S/C13H23N3OS/c17-12(9-10-5-1-2-6-10)15-16-13(18)14-11-7-3-4-8-11/h10-11H,1-9H2,(H,15,17)(H2,14,16,18). The highest BCUT2D eigenvalue weighted by Crippen LogP contribution is 2.27. The highest BCUT2D eigenvalue weighted by Gasteiger charge is 2.19. The Hall–Kier alpha value is -0.840. The Kier molecular flexibility index (Phi) is 5.23. The molecule has 18 heavy (non-hydrogen) atoms. The van der Waals surface area contributed by atoms with E-state index in [9.17, 15) is 4.79 Å². The van der Waals surface area contributed by atoms with Crippen LogP contribution in [-0.2, 0) is 4.79 Å². The van der Waals surface area contributed by atoms with Gasteiger partial charge in [0.15, 0.2) is 5.11 Å². The molecule has 0 atom stereocenters. The Morgan fingerprint density at radius 2 is 1.61 bits per heavy atom. The van der Waals surface area contributed by atoms with E-state index in [1.165, 1.54) is 51.4 Å². The average Bonchev–Trinajstić information content (AvgIpc) is 2.99. The van der Waals surface area contributed by atoms with Crippen molar-refractivity contribution in [2.45, 2.75) is 63.8 Å². The number of carbonyl (C=O) groups is 1. The van der Waals surface area contributed by atoms with Gasteiger partial charge in [-0.15, -0.1) is 0 Å². The first-order valence-corrected chi connectivity index (χ1v) is 7.50. The Morgan fingerprint density at radius 3 is 2.28 bits per heavy atom. The topological polar surface area (TPSA) is 53.2 Å². The maximum Gasteiger partial charge on any atom is 0.238 e. The van der Waals surface area contributed by atoms with E-state index in [0.29, 0.717) is 23.5 Å². The number of amides is 1. The Morgan fingerprint density at radius 1 is 1.00 bits per heavy atom. The first-order chi connectivity index (χ1) is 8.74. The predicted molar refractivity (Wildman–Crippen MR) is 75.8 cm³/mol. The molecule has 0 aliphatic heterocycles. The van der Waals surface area contributed by atoms with Crippen molar-refractivity contribution < 1.29 is 4.79 Å². The van der Waals surface area contributed by atoms with Crippen molar-refractivity contribution in [1.82, 2.24) is 16.2 Å². The summed E-state index contributed by atoms with van der Waals surface area (Å²) in [6, 6.07) is 0.483. The van der Waals surface area contributed by atoms with Crippen molar-refractivity contribution in [2.24, 2.45) is 5.92 Å². The van der Waals surface area contributed by atoms with Gasteiger partial charge in [-0.25, -0.2) is 0 Å². The Bertz CT molecular complexity index is 267. The third-order valence-electron chi connectivity index (χ3n) is 3.95. The third kappa shape index (κ3) is 4.44. The highest BCUT2D eigenvalue weighted by atomic mass is 32.1. The molecular weight excluding hydrogens is 246 g/mol. The van der Waals surface area contributed by atoms with Gasteiger partial charge in [-0.3, -0.25) is 15.6 Å². The lowest BCUT2D eigenvalue weighted by molar-refractivity contribution is -0.122. The van der Waals surface area contributed by atoms with E-state index in [1.807, 2.05) is 0 Å². The van der Waals surface area contributed by atoms with Crippen LogP contribution in [0.5, 0.6) is 0 Å². The van der Waals surface area contributed by atoms with Crippen molar-refractivity contribution in [3.63, 3.8) is 0 Å². The summed E-state index contributed by atoms with van der Waals surface area (Å²) in [5.41, 5.74) is 5.49. The number of carbonyl (C=O) groups excluding carboxylic acids is 1. The maximum atomic E-state index is 11.7. The zero-order chi connectivity index (χ0) is 12.8. The normalized spacial score (nSPS) is 20.9. The molecule has 0 aromatic rings. The fourth-order valence-corrected chi connectivity index (χ4v) is 3.16. The molecule has 0 unspecified atom stereocenters. The molecule has 0 spiro atoms. The van der Waals surface area contributed by atoms with Gasteiger partial charge in [-0.1, -0.05) is 25.7 Å².